The summed E-state index contributed by atoms with van der Waals surface area (Å²) in [6.45, 7) is 11.6. The number of nitrogens with one attached hydrogen (secondary N) is 2. The Morgan fingerprint density at radius 1 is 0.857 bits per heavy atom. The highest BCUT2D eigenvalue weighted by atomic mass is 35.5. The van der Waals surface area contributed by atoms with Gasteiger partial charge in [0.25, 0.3) is 0 Å². The highest BCUT2D eigenvalue weighted by Gasteiger charge is 2.29. The number of benzene rings is 2. The van der Waals surface area contributed by atoms with E-state index in [4.69, 9.17) is 29.4 Å². The van der Waals surface area contributed by atoms with Crippen LogP contribution in [0.1, 0.15) is 80.7 Å². The zero-order valence-corrected chi connectivity index (χ0v) is 25.2. The molecule has 14 heteroatoms. The first-order chi connectivity index (χ1) is 19.3. The summed E-state index contributed by atoms with van der Waals surface area (Å²) in [5.74, 6) is 4.80. The Morgan fingerprint density at radius 2 is 1.26 bits per heavy atom. The normalized spacial score (nSPS) is 16.4. The van der Waals surface area contributed by atoms with E-state index in [9.17, 15) is 14.4 Å². The number of hydrogen-bond acceptors (Lipinski definition) is 11. The van der Waals surface area contributed by atoms with Crippen LogP contribution in [0.4, 0.5) is 9.59 Å². The second-order valence-electron chi connectivity index (χ2n) is 11.0. The lowest BCUT2D eigenvalue weighted by molar-refractivity contribution is 0.0485. The third-order valence-corrected chi connectivity index (χ3v) is 5.36. The number of nitrogens with zero attached hydrogens (tertiary/aromatic N) is 1. The van der Waals surface area contributed by atoms with Gasteiger partial charge in [-0.05, 0) is 59.2 Å². The summed E-state index contributed by atoms with van der Waals surface area (Å²) < 4.78 is 21.4. The van der Waals surface area contributed by atoms with Crippen LogP contribution < -0.4 is 26.0 Å². The van der Waals surface area contributed by atoms with Crippen molar-refractivity contribution in [3.8, 4) is 11.5 Å². The molecule has 0 fully saturated rings. The van der Waals surface area contributed by atoms with Gasteiger partial charge in [-0.3, -0.25) is 4.79 Å². The number of carbonyl (C=O) groups excluding carboxylic acids is 3. The van der Waals surface area contributed by atoms with Gasteiger partial charge in [0.1, 0.15) is 42.2 Å². The molecule has 2 aromatic rings. The van der Waals surface area contributed by atoms with Crippen LogP contribution in [0.5, 0.6) is 11.5 Å². The van der Waals surface area contributed by atoms with E-state index < -0.39 is 23.4 Å². The third kappa shape index (κ3) is 11.1. The van der Waals surface area contributed by atoms with Crippen LogP contribution in [0.2, 0.25) is 0 Å². The lowest BCUT2D eigenvalue weighted by Gasteiger charge is -2.21. The number of amides is 2. The lowest BCUT2D eigenvalue weighted by atomic mass is 10.1. The van der Waals surface area contributed by atoms with E-state index in [2.05, 4.69) is 21.7 Å². The lowest BCUT2D eigenvalue weighted by Crippen LogP contribution is -2.35. The molecular weight excluding hydrogens is 572 g/mol. The first-order valence-corrected chi connectivity index (χ1v) is 12.7. The largest absolute Gasteiger partial charge is 0.491 e. The summed E-state index contributed by atoms with van der Waals surface area (Å²) >= 11 is 0. The molecule has 2 aliphatic heterocycles. The molecular formula is C28H39ClN4O9. The van der Waals surface area contributed by atoms with Crippen molar-refractivity contribution in [3.05, 3.63) is 58.7 Å². The molecule has 4 rings (SSSR count). The molecule has 0 bridgehead atoms. The van der Waals surface area contributed by atoms with Crippen LogP contribution >= 0.6 is 12.4 Å². The Kier molecular flexibility index (Phi) is 13.5. The van der Waals surface area contributed by atoms with Crippen LogP contribution in [0.3, 0.4) is 0 Å². The molecule has 2 amide bonds. The predicted octanol–water partition coefficient (Wildman–Crippen LogP) is 4.67. The van der Waals surface area contributed by atoms with E-state index in [1.165, 1.54) is 6.21 Å². The molecule has 0 spiro atoms. The second-order valence-corrected chi connectivity index (χ2v) is 11.0. The first-order valence-electron chi connectivity index (χ1n) is 12.7. The molecule has 42 heavy (non-hydrogen) atoms. The smallest absolute Gasteiger partial charge is 0.408 e. The number of aldehydes is 1. The predicted molar refractivity (Wildman–Crippen MR) is 156 cm³/mol. The van der Waals surface area contributed by atoms with Gasteiger partial charge in [-0.25, -0.2) is 15.5 Å². The van der Waals surface area contributed by atoms with Crippen LogP contribution in [0.15, 0.2) is 41.6 Å². The molecule has 2 heterocycles. The minimum Gasteiger partial charge on any atom is -0.491 e. The van der Waals surface area contributed by atoms with E-state index in [0.29, 0.717) is 30.3 Å². The van der Waals surface area contributed by atoms with Crippen molar-refractivity contribution in [2.75, 3.05) is 13.2 Å². The van der Waals surface area contributed by atoms with Gasteiger partial charge in [0.05, 0.1) is 18.3 Å². The molecule has 0 radical (unpaired) electrons. The topological polar surface area (TPSA) is 191 Å². The molecule has 2 atom stereocenters. The quantitative estimate of drug-likeness (QED) is 0.141. The van der Waals surface area contributed by atoms with Gasteiger partial charge >= 0.3 is 12.2 Å². The summed E-state index contributed by atoms with van der Waals surface area (Å²) in [5.41, 5.74) is 1.95. The van der Waals surface area contributed by atoms with Crippen molar-refractivity contribution >= 4 is 37.1 Å². The summed E-state index contributed by atoms with van der Waals surface area (Å²) in [7, 11) is 0. The summed E-state index contributed by atoms with van der Waals surface area (Å²) in [6, 6.07) is 10.0. The van der Waals surface area contributed by atoms with Gasteiger partial charge in [0, 0.05) is 16.7 Å². The Bertz CT molecular complexity index is 1240. The van der Waals surface area contributed by atoms with Crippen LogP contribution in [0, 0.1) is 0 Å². The van der Waals surface area contributed by atoms with Gasteiger partial charge in [0.15, 0.2) is 0 Å². The van der Waals surface area contributed by atoms with Crippen LogP contribution in [0.25, 0.3) is 0 Å². The fourth-order valence-electron chi connectivity index (χ4n) is 3.81. The number of hydrogen-bond donors (Lipinski definition) is 5. The van der Waals surface area contributed by atoms with E-state index in [0.717, 1.165) is 23.0 Å². The Labute approximate surface area is 250 Å². The SMILES string of the molecule is CC(C)(C)OC(=O)N[C@@H]1COc2cc(/C=N/O)ccc21.CC(C)(C)OC(=O)N[C@@H]1COc2cc(C=O)ccc21.Cl.NO. The minimum absolute atomic E-state index is 0. The van der Waals surface area contributed by atoms with Crippen molar-refractivity contribution in [2.24, 2.45) is 11.1 Å². The van der Waals surface area contributed by atoms with Crippen LogP contribution in [-0.2, 0) is 9.47 Å². The van der Waals surface area contributed by atoms with E-state index >= 15 is 0 Å². The molecule has 232 valence electrons. The summed E-state index contributed by atoms with van der Waals surface area (Å²) in [6.07, 6.45) is 1.13. The standard InChI is InChI=1S/C14H18N2O4.C14H17NO4.ClH.H3NO/c1-14(2,3)20-13(17)16-11-8-19-12-6-9(7-15-18)4-5-10(11)12;1-14(2,3)19-13(17)15-11-8-18-12-6-9(7-16)4-5-10(11)12;;1-2/h4-7,11,18H,8H2,1-3H3,(H,16,17);4-7,11H,8H2,1-3H3,(H,15,17);1H;2H,1H2/b15-7+;;;/t2*11-;;/m11../s1. The Hall–Kier alpha value is -4.07. The van der Waals surface area contributed by atoms with E-state index in [-0.39, 0.29) is 24.5 Å². The van der Waals surface area contributed by atoms with E-state index in [1.807, 2.05) is 47.6 Å². The number of ether oxygens (including phenoxy) is 4. The fraction of sp³-hybridized carbons (Fsp3) is 0.429. The monoisotopic (exact) mass is 610 g/mol. The van der Waals surface area contributed by atoms with Crippen molar-refractivity contribution in [2.45, 2.75) is 64.8 Å². The van der Waals surface area contributed by atoms with Crippen molar-refractivity contribution in [1.29, 1.82) is 0 Å². The molecule has 0 unspecified atom stereocenters. The Balaban J connectivity index is 0.000000388. The van der Waals surface area contributed by atoms with Crippen molar-refractivity contribution < 1.29 is 43.7 Å². The first kappa shape index (κ1) is 36.0. The van der Waals surface area contributed by atoms with Crippen molar-refractivity contribution in [1.82, 2.24) is 10.6 Å². The fourth-order valence-corrected chi connectivity index (χ4v) is 3.81. The van der Waals surface area contributed by atoms with E-state index in [1.54, 1.807) is 30.3 Å². The van der Waals surface area contributed by atoms with Crippen LogP contribution in [-0.4, -0.2) is 59.5 Å². The zero-order valence-electron chi connectivity index (χ0n) is 24.4. The molecule has 6 N–H and O–H groups in total. The average Bonchev–Trinajstić information content (AvgIpc) is 3.46. The van der Waals surface area contributed by atoms with Gasteiger partial charge in [-0.1, -0.05) is 29.4 Å². The third-order valence-electron chi connectivity index (χ3n) is 5.36. The molecule has 2 aromatic carbocycles. The van der Waals surface area contributed by atoms with Gasteiger partial charge in [0.2, 0.25) is 0 Å². The molecule has 0 aromatic heterocycles. The molecule has 0 saturated carbocycles. The van der Waals surface area contributed by atoms with Crippen molar-refractivity contribution in [3.63, 3.8) is 0 Å². The number of alkyl carbamates (subject to hydrolysis) is 2. The Morgan fingerprint density at radius 3 is 1.64 bits per heavy atom. The number of rotatable bonds is 4. The molecule has 0 saturated heterocycles. The number of fused-ring (bicyclic) bond motifs is 2. The van der Waals surface area contributed by atoms with Gasteiger partial charge in [-0.15, -0.1) is 12.4 Å². The zero-order chi connectivity index (χ0) is 30.8. The number of halogens is 1. The summed E-state index contributed by atoms with van der Waals surface area (Å²) in [4.78, 5) is 34.1. The maximum Gasteiger partial charge on any atom is 0.408 e. The van der Waals surface area contributed by atoms with Gasteiger partial charge in [-0.2, -0.15) is 0 Å². The highest BCUT2D eigenvalue weighted by molar-refractivity contribution is 5.85. The van der Waals surface area contributed by atoms with Gasteiger partial charge < -0.3 is 40.0 Å². The number of carbonyl (C=O) groups is 3. The molecule has 13 nitrogen and oxygen atoms in total. The molecule has 2 aliphatic rings. The second kappa shape index (κ2) is 15.8. The maximum absolute atomic E-state index is 11.8. The molecule has 0 aliphatic carbocycles. The average molecular weight is 611 g/mol. The minimum atomic E-state index is -0.534. The number of nitrogens with two attached hydrogens (primary N) is 1. The number of oxime groups is 1. The maximum atomic E-state index is 11.8. The summed E-state index contributed by atoms with van der Waals surface area (Å²) in [5, 5.41) is 23.5. The highest BCUT2D eigenvalue weighted by Crippen LogP contribution is 2.34.